The number of benzene rings is 1. The van der Waals surface area contributed by atoms with Gasteiger partial charge in [0.2, 0.25) is 0 Å². The molecule has 3 rings (SSSR count). The van der Waals surface area contributed by atoms with Crippen LogP contribution in [-0.2, 0) is 11.8 Å². The van der Waals surface area contributed by atoms with Gasteiger partial charge in [0.05, 0.1) is 17.6 Å². The molecule has 0 aliphatic carbocycles. The molecule has 8 nitrogen and oxygen atoms in total. The van der Waals surface area contributed by atoms with Crippen LogP contribution in [0.5, 0.6) is 5.75 Å². The van der Waals surface area contributed by atoms with Crippen molar-refractivity contribution < 1.29 is 14.7 Å². The number of rotatable bonds is 4. The molecular weight excluding hydrogens is 324 g/mol. The van der Waals surface area contributed by atoms with Gasteiger partial charge in [-0.05, 0) is 6.07 Å². The molecule has 25 heavy (non-hydrogen) atoms. The van der Waals surface area contributed by atoms with Gasteiger partial charge >= 0.3 is 0 Å². The first-order chi connectivity index (χ1) is 12.0. The number of nitrogens with zero attached hydrogens (tertiary/aromatic N) is 3. The van der Waals surface area contributed by atoms with E-state index in [9.17, 15) is 19.5 Å². The zero-order valence-corrected chi connectivity index (χ0v) is 13.3. The Morgan fingerprint density at radius 1 is 1.28 bits per heavy atom. The summed E-state index contributed by atoms with van der Waals surface area (Å²) in [5.41, 5.74) is 0.242. The van der Waals surface area contributed by atoms with Crippen LogP contribution in [0.4, 0.5) is 0 Å². The highest BCUT2D eigenvalue weighted by atomic mass is 16.3. The van der Waals surface area contributed by atoms with Gasteiger partial charge in [-0.15, -0.1) is 10.2 Å². The van der Waals surface area contributed by atoms with E-state index in [2.05, 4.69) is 15.5 Å². The van der Waals surface area contributed by atoms with Crippen molar-refractivity contribution in [2.45, 2.75) is 0 Å². The van der Waals surface area contributed by atoms with Gasteiger partial charge in [-0.1, -0.05) is 30.3 Å². The van der Waals surface area contributed by atoms with Crippen molar-refractivity contribution in [3.05, 3.63) is 52.3 Å². The number of amides is 1. The predicted molar refractivity (Wildman–Crippen MR) is 90.3 cm³/mol. The minimum atomic E-state index is -0.829. The van der Waals surface area contributed by atoms with Crippen molar-refractivity contribution in [1.29, 1.82) is 0 Å². The Labute approximate surface area is 141 Å². The molecule has 0 aliphatic heterocycles. The SMILES string of the molecule is Cn1c(=O)c(C(=O)NCC=O)c(O)c2cc(-c3ccccc3)nnc21. The van der Waals surface area contributed by atoms with Crippen molar-refractivity contribution in [3.63, 3.8) is 0 Å². The Morgan fingerprint density at radius 2 is 2.00 bits per heavy atom. The van der Waals surface area contributed by atoms with E-state index >= 15 is 0 Å². The van der Waals surface area contributed by atoms with Gasteiger partial charge in [0, 0.05) is 12.6 Å². The number of hydrogen-bond acceptors (Lipinski definition) is 6. The first-order valence-corrected chi connectivity index (χ1v) is 7.41. The molecule has 0 radical (unpaired) electrons. The molecule has 126 valence electrons. The average molecular weight is 338 g/mol. The molecule has 0 saturated heterocycles. The molecule has 2 heterocycles. The number of aromatic nitrogens is 3. The molecule has 0 atom stereocenters. The fraction of sp³-hybridized carbons (Fsp3) is 0.118. The molecule has 1 aromatic carbocycles. The van der Waals surface area contributed by atoms with Crippen LogP contribution in [0, 0.1) is 0 Å². The van der Waals surface area contributed by atoms with Gasteiger partial charge in [0.1, 0.15) is 17.6 Å². The molecule has 0 fully saturated rings. The van der Waals surface area contributed by atoms with Gasteiger partial charge < -0.3 is 15.2 Å². The third-order valence-corrected chi connectivity index (χ3v) is 3.75. The first-order valence-electron chi connectivity index (χ1n) is 7.41. The summed E-state index contributed by atoms with van der Waals surface area (Å²) < 4.78 is 1.13. The van der Waals surface area contributed by atoms with Gasteiger partial charge in [-0.2, -0.15) is 0 Å². The topological polar surface area (TPSA) is 114 Å². The van der Waals surface area contributed by atoms with Crippen LogP contribution >= 0.6 is 0 Å². The van der Waals surface area contributed by atoms with E-state index in [0.717, 1.165) is 10.1 Å². The van der Waals surface area contributed by atoms with Gasteiger partial charge in [0.25, 0.3) is 11.5 Å². The zero-order valence-electron chi connectivity index (χ0n) is 13.3. The fourth-order valence-electron chi connectivity index (χ4n) is 2.48. The Hall–Kier alpha value is -3.55. The number of aromatic hydroxyl groups is 1. The second-order valence-corrected chi connectivity index (χ2v) is 5.30. The highest BCUT2D eigenvalue weighted by molar-refractivity contribution is 6.02. The third kappa shape index (κ3) is 2.85. The quantitative estimate of drug-likeness (QED) is 0.675. The van der Waals surface area contributed by atoms with E-state index in [1.54, 1.807) is 6.07 Å². The van der Waals surface area contributed by atoms with Crippen LogP contribution in [0.25, 0.3) is 22.3 Å². The Morgan fingerprint density at radius 3 is 2.68 bits per heavy atom. The summed E-state index contributed by atoms with van der Waals surface area (Å²) in [5, 5.41) is 21.0. The highest BCUT2D eigenvalue weighted by Gasteiger charge is 2.22. The van der Waals surface area contributed by atoms with Crippen LogP contribution in [0.2, 0.25) is 0 Å². The summed E-state index contributed by atoms with van der Waals surface area (Å²) in [7, 11) is 1.43. The van der Waals surface area contributed by atoms with Crippen molar-refractivity contribution in [1.82, 2.24) is 20.1 Å². The number of nitrogens with one attached hydrogen (secondary N) is 1. The summed E-state index contributed by atoms with van der Waals surface area (Å²) in [6.45, 7) is -0.261. The third-order valence-electron chi connectivity index (χ3n) is 3.75. The van der Waals surface area contributed by atoms with E-state index in [0.29, 0.717) is 12.0 Å². The second-order valence-electron chi connectivity index (χ2n) is 5.30. The predicted octanol–water partition coefficient (Wildman–Crippen LogP) is 0.630. The Balaban J connectivity index is 2.24. The first kappa shape index (κ1) is 16.3. The monoisotopic (exact) mass is 338 g/mol. The molecule has 3 aromatic rings. The molecule has 0 bridgehead atoms. The molecule has 8 heteroatoms. The minimum Gasteiger partial charge on any atom is -0.506 e. The molecule has 0 unspecified atom stereocenters. The molecular formula is C17H14N4O4. The van der Waals surface area contributed by atoms with Crippen LogP contribution < -0.4 is 10.9 Å². The number of carbonyl (C=O) groups is 2. The van der Waals surface area contributed by atoms with Crippen molar-refractivity contribution in [3.8, 4) is 17.0 Å². The van der Waals surface area contributed by atoms with Crippen LogP contribution in [-0.4, -0.2) is 38.6 Å². The maximum atomic E-state index is 12.3. The molecule has 2 N–H and O–H groups in total. The number of aryl methyl sites for hydroxylation is 1. The van der Waals surface area contributed by atoms with Crippen LogP contribution in [0.15, 0.2) is 41.2 Å². The second kappa shape index (κ2) is 6.52. The maximum Gasteiger partial charge on any atom is 0.268 e. The summed E-state index contributed by atoms with van der Waals surface area (Å²) in [5.74, 6) is -1.32. The molecule has 0 saturated carbocycles. The van der Waals surface area contributed by atoms with Gasteiger partial charge in [-0.3, -0.25) is 14.2 Å². The van der Waals surface area contributed by atoms with E-state index in [1.165, 1.54) is 7.05 Å². The summed E-state index contributed by atoms with van der Waals surface area (Å²) in [6.07, 6.45) is 0.486. The molecule has 0 aliphatic rings. The van der Waals surface area contributed by atoms with Crippen molar-refractivity contribution in [2.24, 2.45) is 7.05 Å². The number of carbonyl (C=O) groups excluding carboxylic acids is 2. The molecule has 2 aromatic heterocycles. The lowest BCUT2D eigenvalue weighted by atomic mass is 10.1. The zero-order chi connectivity index (χ0) is 18.0. The van der Waals surface area contributed by atoms with E-state index in [1.807, 2.05) is 30.3 Å². The molecule has 1 amide bonds. The van der Waals surface area contributed by atoms with Crippen LogP contribution in [0.1, 0.15) is 10.4 Å². The van der Waals surface area contributed by atoms with E-state index < -0.39 is 22.8 Å². The summed E-state index contributed by atoms with van der Waals surface area (Å²) in [6, 6.07) is 10.7. The number of aldehydes is 1. The Kier molecular flexibility index (Phi) is 4.25. The number of hydrogen-bond donors (Lipinski definition) is 2. The standard InChI is InChI=1S/C17H14N4O4/c1-21-15-11(9-12(19-20-15)10-5-3-2-4-6-10)14(23)13(17(21)25)16(24)18-7-8-22/h2-6,8-9,23H,7H2,1H3,(H,18,24). The lowest BCUT2D eigenvalue weighted by molar-refractivity contribution is -0.107. The fourth-order valence-corrected chi connectivity index (χ4v) is 2.48. The van der Waals surface area contributed by atoms with E-state index in [-0.39, 0.29) is 17.6 Å². The van der Waals surface area contributed by atoms with Gasteiger partial charge in [0.15, 0.2) is 5.65 Å². The van der Waals surface area contributed by atoms with Crippen molar-refractivity contribution >= 4 is 23.2 Å². The van der Waals surface area contributed by atoms with Crippen molar-refractivity contribution in [2.75, 3.05) is 6.54 Å². The number of pyridine rings is 1. The summed E-state index contributed by atoms with van der Waals surface area (Å²) >= 11 is 0. The smallest absolute Gasteiger partial charge is 0.268 e. The minimum absolute atomic E-state index is 0.147. The number of fused-ring (bicyclic) bond motifs is 1. The lowest BCUT2D eigenvalue weighted by Crippen LogP contribution is -2.33. The molecule has 0 spiro atoms. The lowest BCUT2D eigenvalue weighted by Gasteiger charge is -2.11. The van der Waals surface area contributed by atoms with Crippen LogP contribution in [0.3, 0.4) is 0 Å². The largest absolute Gasteiger partial charge is 0.506 e. The normalized spacial score (nSPS) is 10.6. The average Bonchev–Trinajstić information content (AvgIpc) is 2.65. The summed E-state index contributed by atoms with van der Waals surface area (Å²) in [4.78, 5) is 34.9. The highest BCUT2D eigenvalue weighted by Crippen LogP contribution is 2.27. The Bertz CT molecular complexity index is 1030. The van der Waals surface area contributed by atoms with Gasteiger partial charge in [-0.25, -0.2) is 0 Å². The maximum absolute atomic E-state index is 12.3. The van der Waals surface area contributed by atoms with E-state index in [4.69, 9.17) is 0 Å².